The zero-order chi connectivity index (χ0) is 20.6. The number of hydrogen-bond donors (Lipinski definition) is 0. The minimum absolute atomic E-state index is 0.285. The van der Waals surface area contributed by atoms with Gasteiger partial charge in [0.15, 0.2) is 10.7 Å². The van der Waals surface area contributed by atoms with E-state index in [1.807, 2.05) is 26.8 Å². The molecule has 0 bridgehead atoms. The average molecular weight is 419 g/mol. The van der Waals surface area contributed by atoms with E-state index < -0.39 is 33.3 Å². The van der Waals surface area contributed by atoms with Gasteiger partial charge in [-0.05, 0) is 65.0 Å². The zero-order valence-corrected chi connectivity index (χ0v) is 18.2. The summed E-state index contributed by atoms with van der Waals surface area (Å²) in [5.74, 6) is -0.485. The molecule has 0 saturated heterocycles. The topological polar surface area (TPSA) is 63.4 Å². The van der Waals surface area contributed by atoms with Gasteiger partial charge in [-0.3, -0.25) is 0 Å². The molecule has 1 heterocycles. The van der Waals surface area contributed by atoms with E-state index in [9.17, 15) is 9.11 Å². The second-order valence-electron chi connectivity index (χ2n) is 7.58. The molecule has 1 aromatic heterocycles. The maximum Gasteiger partial charge on any atom is 0.180 e. The summed E-state index contributed by atoms with van der Waals surface area (Å²) in [5, 5.41) is 0.632. The molecule has 7 heteroatoms. The fourth-order valence-corrected chi connectivity index (χ4v) is 4.69. The molecule has 0 aliphatic rings. The second-order valence-corrected chi connectivity index (χ2v) is 10.8. The lowest BCUT2D eigenvalue weighted by Crippen LogP contribution is -2.26. The van der Waals surface area contributed by atoms with Crippen molar-refractivity contribution >= 4 is 39.3 Å². The molecule has 0 aliphatic carbocycles. The third kappa shape index (κ3) is 4.12. The molecule has 2 aromatic carbocycles. The van der Waals surface area contributed by atoms with Crippen LogP contribution in [0.5, 0.6) is 0 Å². The normalized spacial score (nSPS) is 15.1. The molecular weight excluding hydrogens is 395 g/mol. The van der Waals surface area contributed by atoms with Crippen molar-refractivity contribution in [3.05, 3.63) is 65.6 Å². The van der Waals surface area contributed by atoms with E-state index >= 15 is 4.39 Å². The number of rotatable bonds is 4. The van der Waals surface area contributed by atoms with E-state index in [0.29, 0.717) is 27.3 Å². The lowest BCUT2D eigenvalue weighted by Gasteiger charge is -2.18. The minimum atomic E-state index is -1.55. The summed E-state index contributed by atoms with van der Waals surface area (Å²) in [6.07, 6.45) is 0. The Labute approximate surface area is 171 Å². The first-order valence-corrected chi connectivity index (χ1v) is 11.1. The Balaban J connectivity index is 2.08. The van der Waals surface area contributed by atoms with Crippen LogP contribution in [0, 0.1) is 12.7 Å². The number of aryl methyl sites for hydroxylation is 1. The predicted octanol–water partition coefficient (Wildman–Crippen LogP) is 4.93. The van der Waals surface area contributed by atoms with Gasteiger partial charge in [0.25, 0.3) is 0 Å². The Kier molecular flexibility index (Phi) is 5.91. The Morgan fingerprint density at radius 3 is 2.32 bits per heavy atom. The number of benzene rings is 2. The van der Waals surface area contributed by atoms with Crippen LogP contribution in [0.2, 0.25) is 0 Å². The predicted molar refractivity (Wildman–Crippen MR) is 115 cm³/mol. The number of fused-ring (bicyclic) bond motifs is 1. The van der Waals surface area contributed by atoms with Crippen LogP contribution in [0.1, 0.15) is 39.0 Å². The maximum absolute atomic E-state index is 15.0. The number of nitrogens with zero attached hydrogens (tertiary/aromatic N) is 2. The molecule has 0 fully saturated rings. The van der Waals surface area contributed by atoms with Gasteiger partial charge in [0.05, 0.1) is 11.4 Å². The molecule has 0 aliphatic heterocycles. The number of aromatic nitrogens is 1. The van der Waals surface area contributed by atoms with Crippen LogP contribution in [0.3, 0.4) is 0 Å². The first-order chi connectivity index (χ1) is 13.1. The standard InChI is InChI=1S/C21H23FN2O2S2/c1-14-11-17-12-16(15(2)23-28(26)21(3,4)5)13-19(22)20(17)24(14)27(25)18-9-7-6-8-10-18/h6-13H,1-5H3. The summed E-state index contributed by atoms with van der Waals surface area (Å²) in [6.45, 7) is 9.04. The average Bonchev–Trinajstić information content (AvgIpc) is 2.97. The summed E-state index contributed by atoms with van der Waals surface area (Å²) in [7, 11) is 0. The Morgan fingerprint density at radius 2 is 1.71 bits per heavy atom. The highest BCUT2D eigenvalue weighted by molar-refractivity contribution is 7.91. The van der Waals surface area contributed by atoms with Crippen molar-refractivity contribution in [3.8, 4) is 0 Å². The lowest BCUT2D eigenvalue weighted by atomic mass is 10.1. The third-order valence-electron chi connectivity index (χ3n) is 4.25. The van der Waals surface area contributed by atoms with Crippen molar-refractivity contribution in [2.45, 2.75) is 44.3 Å². The molecule has 148 valence electrons. The minimum Gasteiger partial charge on any atom is -0.591 e. The van der Waals surface area contributed by atoms with Crippen LogP contribution in [0.4, 0.5) is 4.39 Å². The van der Waals surface area contributed by atoms with Gasteiger partial charge in [0.2, 0.25) is 0 Å². The smallest absolute Gasteiger partial charge is 0.180 e. The van der Waals surface area contributed by atoms with E-state index in [4.69, 9.17) is 0 Å². The monoisotopic (exact) mass is 418 g/mol. The highest BCUT2D eigenvalue weighted by atomic mass is 32.2. The van der Waals surface area contributed by atoms with Crippen LogP contribution in [-0.4, -0.2) is 23.5 Å². The summed E-state index contributed by atoms with van der Waals surface area (Å²) in [5.41, 5.74) is 2.04. The molecule has 4 nitrogen and oxygen atoms in total. The molecule has 0 N–H and O–H groups in total. The number of hydrogen-bond acceptors (Lipinski definition) is 3. The summed E-state index contributed by atoms with van der Waals surface area (Å²) < 4.78 is 45.6. The molecule has 28 heavy (non-hydrogen) atoms. The third-order valence-corrected chi connectivity index (χ3v) is 7.22. The van der Waals surface area contributed by atoms with Crippen molar-refractivity contribution in [2.75, 3.05) is 0 Å². The Bertz CT molecular complexity index is 1030. The molecule has 0 spiro atoms. The summed E-state index contributed by atoms with van der Waals surface area (Å²) in [4.78, 5) is 0.602. The quantitative estimate of drug-likeness (QED) is 0.445. The fraction of sp³-hybridized carbons (Fsp3) is 0.286. The summed E-state index contributed by atoms with van der Waals surface area (Å²) >= 11 is -2.98. The van der Waals surface area contributed by atoms with E-state index in [1.165, 1.54) is 10.0 Å². The van der Waals surface area contributed by atoms with E-state index in [-0.39, 0.29) is 5.52 Å². The highest BCUT2D eigenvalue weighted by Gasteiger charge is 2.27. The SMILES string of the molecule is CC(=N[S+]([O-])C(C)(C)C)c1cc(F)c2c(c1)cc(C)n2[S+]([O-])c1ccccc1. The molecule has 0 radical (unpaired) electrons. The first kappa shape index (κ1) is 20.9. The van der Waals surface area contributed by atoms with Gasteiger partial charge in [0, 0.05) is 10.9 Å². The van der Waals surface area contributed by atoms with Gasteiger partial charge in [0.1, 0.15) is 33.0 Å². The van der Waals surface area contributed by atoms with Crippen LogP contribution in [0.15, 0.2) is 57.8 Å². The van der Waals surface area contributed by atoms with Crippen LogP contribution < -0.4 is 0 Å². The van der Waals surface area contributed by atoms with Gasteiger partial charge < -0.3 is 9.11 Å². The summed E-state index contributed by atoms with van der Waals surface area (Å²) in [6, 6.07) is 13.9. The molecule has 2 atom stereocenters. The van der Waals surface area contributed by atoms with E-state index in [0.717, 1.165) is 0 Å². The van der Waals surface area contributed by atoms with Crippen molar-refractivity contribution in [1.82, 2.24) is 3.97 Å². The molecular formula is C21H23FN2O2S2. The van der Waals surface area contributed by atoms with Crippen molar-refractivity contribution < 1.29 is 13.5 Å². The van der Waals surface area contributed by atoms with Crippen LogP contribution in [0.25, 0.3) is 10.9 Å². The molecule has 0 amide bonds. The van der Waals surface area contributed by atoms with Gasteiger partial charge in [-0.2, -0.15) is 3.97 Å². The molecule has 3 aromatic rings. The van der Waals surface area contributed by atoms with Crippen molar-refractivity contribution in [3.63, 3.8) is 0 Å². The van der Waals surface area contributed by atoms with Gasteiger partial charge in [-0.15, -0.1) is 0 Å². The van der Waals surface area contributed by atoms with Crippen molar-refractivity contribution in [2.24, 2.45) is 4.40 Å². The Morgan fingerprint density at radius 1 is 1.07 bits per heavy atom. The van der Waals surface area contributed by atoms with E-state index in [1.54, 1.807) is 50.2 Å². The first-order valence-electron chi connectivity index (χ1n) is 8.86. The molecule has 2 unspecified atom stereocenters. The molecule has 0 saturated carbocycles. The maximum atomic E-state index is 15.0. The van der Waals surface area contributed by atoms with Crippen LogP contribution in [-0.2, 0) is 22.7 Å². The van der Waals surface area contributed by atoms with Gasteiger partial charge in [-0.1, -0.05) is 22.6 Å². The highest BCUT2D eigenvalue weighted by Crippen LogP contribution is 2.29. The fourth-order valence-electron chi connectivity index (χ4n) is 2.78. The lowest BCUT2D eigenvalue weighted by molar-refractivity contribution is 0.561. The molecule has 3 rings (SSSR count). The van der Waals surface area contributed by atoms with Gasteiger partial charge >= 0.3 is 0 Å². The van der Waals surface area contributed by atoms with Crippen molar-refractivity contribution in [1.29, 1.82) is 0 Å². The second kappa shape index (κ2) is 7.91. The Hall–Kier alpha value is -1.80. The van der Waals surface area contributed by atoms with Crippen LogP contribution >= 0.6 is 0 Å². The largest absolute Gasteiger partial charge is 0.591 e. The van der Waals surface area contributed by atoms with Gasteiger partial charge in [-0.25, -0.2) is 4.39 Å². The number of halogens is 1. The zero-order valence-electron chi connectivity index (χ0n) is 16.5. The van der Waals surface area contributed by atoms with E-state index in [2.05, 4.69) is 4.40 Å².